The molecule has 2 rings (SSSR count). The monoisotopic (exact) mass is 383 g/mol. The Labute approximate surface area is 130 Å². The van der Waals surface area contributed by atoms with Crippen LogP contribution in [0.25, 0.3) is 0 Å². The molecule has 2 nitrogen and oxygen atoms in total. The Hall–Kier alpha value is -0.710. The molecule has 4 heteroatoms. The number of aliphatic hydroxyl groups is 1. The molecule has 1 aromatic carbocycles. The van der Waals surface area contributed by atoms with E-state index in [4.69, 9.17) is 0 Å². The minimum Gasteiger partial charge on any atom is -0.388 e. The lowest BCUT2D eigenvalue weighted by Crippen LogP contribution is -2.03. The number of hydrogen-bond acceptors (Lipinski definition) is 2. The van der Waals surface area contributed by atoms with Crippen molar-refractivity contribution in [3.05, 3.63) is 62.3 Å². The van der Waals surface area contributed by atoms with Crippen LogP contribution in [0.15, 0.2) is 45.5 Å². The van der Waals surface area contributed by atoms with E-state index in [0.717, 1.165) is 26.6 Å². The van der Waals surface area contributed by atoms with Gasteiger partial charge in [-0.3, -0.25) is 4.98 Å². The normalized spacial score (nSPS) is 12.4. The number of aromatic nitrogens is 1. The van der Waals surface area contributed by atoms with E-state index in [9.17, 15) is 5.11 Å². The fraction of sp³-hybridized carbons (Fsp3) is 0.267. The molecule has 1 heterocycles. The minimum absolute atomic E-state index is 0.521. The van der Waals surface area contributed by atoms with Crippen molar-refractivity contribution in [2.45, 2.75) is 25.9 Å². The van der Waals surface area contributed by atoms with Crippen LogP contribution in [-0.2, 0) is 12.8 Å². The summed E-state index contributed by atoms with van der Waals surface area (Å²) in [5, 5.41) is 10.3. The van der Waals surface area contributed by atoms with Gasteiger partial charge < -0.3 is 5.11 Å². The van der Waals surface area contributed by atoms with Crippen LogP contribution in [0.5, 0.6) is 0 Å². The van der Waals surface area contributed by atoms with Gasteiger partial charge in [0.05, 0.1) is 6.10 Å². The molecule has 2 aromatic rings. The van der Waals surface area contributed by atoms with Crippen LogP contribution >= 0.6 is 31.9 Å². The maximum Gasteiger partial charge on any atom is 0.0846 e. The summed E-state index contributed by atoms with van der Waals surface area (Å²) in [5.74, 6) is 0. The third-order valence-electron chi connectivity index (χ3n) is 2.97. The lowest BCUT2D eigenvalue weighted by atomic mass is 10.0. The molecule has 100 valence electrons. The second-order valence-corrected chi connectivity index (χ2v) is 6.27. The van der Waals surface area contributed by atoms with Crippen LogP contribution in [0.4, 0.5) is 0 Å². The number of aryl methyl sites for hydroxylation is 1. The maximum absolute atomic E-state index is 10.3. The highest BCUT2D eigenvalue weighted by molar-refractivity contribution is 9.11. The van der Waals surface area contributed by atoms with E-state index >= 15 is 0 Å². The number of pyridine rings is 1. The third kappa shape index (κ3) is 4.13. The topological polar surface area (TPSA) is 33.1 Å². The lowest BCUT2D eigenvalue weighted by molar-refractivity contribution is 0.177. The van der Waals surface area contributed by atoms with E-state index in [1.807, 2.05) is 30.5 Å². The molecular weight excluding hydrogens is 370 g/mol. The van der Waals surface area contributed by atoms with E-state index in [0.29, 0.717) is 6.42 Å². The van der Waals surface area contributed by atoms with Gasteiger partial charge in [0.25, 0.3) is 0 Å². The second kappa shape index (κ2) is 6.64. The molecule has 0 spiro atoms. The Morgan fingerprint density at radius 3 is 2.37 bits per heavy atom. The Balaban J connectivity index is 2.13. The summed E-state index contributed by atoms with van der Waals surface area (Å²) in [6.45, 7) is 2.10. The first-order valence-corrected chi connectivity index (χ1v) is 7.75. The van der Waals surface area contributed by atoms with Gasteiger partial charge in [0.2, 0.25) is 0 Å². The van der Waals surface area contributed by atoms with Crippen molar-refractivity contribution in [2.75, 3.05) is 0 Å². The Bertz CT molecular complexity index is 534. The molecule has 0 aliphatic carbocycles. The van der Waals surface area contributed by atoms with Crippen LogP contribution in [0.1, 0.15) is 29.8 Å². The SMILES string of the molecule is CCc1ccc(CC(O)c2cc(Br)cc(Br)c2)nc1. The summed E-state index contributed by atoms with van der Waals surface area (Å²) in [6.07, 6.45) is 2.83. The van der Waals surface area contributed by atoms with Crippen molar-refractivity contribution in [3.8, 4) is 0 Å². The molecule has 0 saturated carbocycles. The van der Waals surface area contributed by atoms with Gasteiger partial charge in [-0.15, -0.1) is 0 Å². The molecular formula is C15H15Br2NO. The number of rotatable bonds is 4. The van der Waals surface area contributed by atoms with Crippen LogP contribution in [-0.4, -0.2) is 10.1 Å². The molecule has 0 aliphatic rings. The van der Waals surface area contributed by atoms with E-state index in [2.05, 4.69) is 49.8 Å². The third-order valence-corrected chi connectivity index (χ3v) is 3.88. The van der Waals surface area contributed by atoms with Crippen molar-refractivity contribution in [2.24, 2.45) is 0 Å². The largest absolute Gasteiger partial charge is 0.388 e. The fourth-order valence-corrected chi connectivity index (χ4v) is 3.20. The Morgan fingerprint density at radius 2 is 1.84 bits per heavy atom. The average molecular weight is 385 g/mol. The first-order chi connectivity index (χ1) is 9.08. The molecule has 1 unspecified atom stereocenters. The highest BCUT2D eigenvalue weighted by Gasteiger charge is 2.11. The zero-order chi connectivity index (χ0) is 13.8. The number of halogens is 2. The number of nitrogens with zero attached hydrogens (tertiary/aromatic N) is 1. The smallest absolute Gasteiger partial charge is 0.0846 e. The molecule has 0 fully saturated rings. The molecule has 0 radical (unpaired) electrons. The summed E-state index contributed by atoms with van der Waals surface area (Å²) in [5.41, 5.74) is 2.99. The first kappa shape index (κ1) is 14.7. The van der Waals surface area contributed by atoms with E-state index in [1.165, 1.54) is 5.56 Å². The highest BCUT2D eigenvalue weighted by atomic mass is 79.9. The van der Waals surface area contributed by atoms with Crippen LogP contribution < -0.4 is 0 Å². The predicted molar refractivity (Wildman–Crippen MR) is 84.1 cm³/mol. The number of aliphatic hydroxyl groups excluding tert-OH is 1. The fourth-order valence-electron chi connectivity index (χ4n) is 1.87. The standard InChI is InChI=1S/C15H15Br2NO/c1-2-10-3-4-14(18-9-10)8-15(19)11-5-12(16)7-13(17)6-11/h3-7,9,15,19H,2,8H2,1H3. The quantitative estimate of drug-likeness (QED) is 0.844. The van der Waals surface area contributed by atoms with Crippen molar-refractivity contribution < 1.29 is 5.11 Å². The lowest BCUT2D eigenvalue weighted by Gasteiger charge is -2.12. The molecule has 1 N–H and O–H groups in total. The zero-order valence-electron chi connectivity index (χ0n) is 10.6. The van der Waals surface area contributed by atoms with Gasteiger partial charge in [-0.25, -0.2) is 0 Å². The zero-order valence-corrected chi connectivity index (χ0v) is 13.8. The summed E-state index contributed by atoms with van der Waals surface area (Å²) in [4.78, 5) is 4.38. The van der Waals surface area contributed by atoms with Gasteiger partial charge in [-0.1, -0.05) is 44.8 Å². The molecule has 19 heavy (non-hydrogen) atoms. The molecule has 0 aliphatic heterocycles. The highest BCUT2D eigenvalue weighted by Crippen LogP contribution is 2.25. The van der Waals surface area contributed by atoms with Crippen LogP contribution in [0.3, 0.4) is 0 Å². The maximum atomic E-state index is 10.3. The van der Waals surface area contributed by atoms with E-state index < -0.39 is 6.10 Å². The molecule has 1 atom stereocenters. The van der Waals surface area contributed by atoms with Crippen LogP contribution in [0, 0.1) is 0 Å². The van der Waals surface area contributed by atoms with Gasteiger partial charge in [-0.2, -0.15) is 0 Å². The molecule has 0 saturated heterocycles. The Kier molecular flexibility index (Phi) is 5.13. The average Bonchev–Trinajstić information content (AvgIpc) is 2.38. The second-order valence-electron chi connectivity index (χ2n) is 4.43. The summed E-state index contributed by atoms with van der Waals surface area (Å²) in [6, 6.07) is 9.84. The summed E-state index contributed by atoms with van der Waals surface area (Å²) >= 11 is 6.86. The first-order valence-electron chi connectivity index (χ1n) is 6.16. The van der Waals surface area contributed by atoms with Gasteiger partial charge in [0, 0.05) is 27.3 Å². The number of hydrogen-bond donors (Lipinski definition) is 1. The van der Waals surface area contributed by atoms with E-state index in [-0.39, 0.29) is 0 Å². The minimum atomic E-state index is -0.547. The van der Waals surface area contributed by atoms with Gasteiger partial charge in [0.1, 0.15) is 0 Å². The van der Waals surface area contributed by atoms with Crippen molar-refractivity contribution in [3.63, 3.8) is 0 Å². The molecule has 1 aromatic heterocycles. The van der Waals surface area contributed by atoms with Crippen molar-refractivity contribution >= 4 is 31.9 Å². The van der Waals surface area contributed by atoms with E-state index in [1.54, 1.807) is 0 Å². The van der Waals surface area contributed by atoms with Gasteiger partial charge >= 0.3 is 0 Å². The van der Waals surface area contributed by atoms with Gasteiger partial charge in [-0.05, 0) is 41.8 Å². The summed E-state index contributed by atoms with van der Waals surface area (Å²) in [7, 11) is 0. The predicted octanol–water partition coefficient (Wildman–Crippen LogP) is 4.45. The van der Waals surface area contributed by atoms with Crippen molar-refractivity contribution in [1.29, 1.82) is 0 Å². The van der Waals surface area contributed by atoms with Gasteiger partial charge in [0.15, 0.2) is 0 Å². The Morgan fingerprint density at radius 1 is 1.16 bits per heavy atom. The molecule has 0 amide bonds. The van der Waals surface area contributed by atoms with Crippen LogP contribution in [0.2, 0.25) is 0 Å². The van der Waals surface area contributed by atoms with Crippen molar-refractivity contribution in [1.82, 2.24) is 4.98 Å². The number of benzene rings is 1. The molecule has 0 bridgehead atoms. The summed E-state index contributed by atoms with van der Waals surface area (Å²) < 4.78 is 1.90.